The minimum atomic E-state index is -1.32. The average molecular weight is 456 g/mol. The summed E-state index contributed by atoms with van der Waals surface area (Å²) >= 11 is 0. The van der Waals surface area contributed by atoms with Gasteiger partial charge in [-0.25, -0.2) is 0 Å². The molecule has 0 heterocycles. The van der Waals surface area contributed by atoms with Crippen molar-refractivity contribution in [3.8, 4) is 0 Å². The summed E-state index contributed by atoms with van der Waals surface area (Å²) in [6.45, 7) is 2.85. The molecule has 1 aromatic rings. The topological polar surface area (TPSA) is 69.2 Å². The van der Waals surface area contributed by atoms with Gasteiger partial charge in [0.25, 0.3) is 5.91 Å². The maximum atomic E-state index is 12.1. The van der Waals surface area contributed by atoms with Gasteiger partial charge in [-0.2, -0.15) is 0 Å². The molecule has 0 aromatic heterocycles. The van der Waals surface area contributed by atoms with Gasteiger partial charge < -0.3 is 15.2 Å². The van der Waals surface area contributed by atoms with E-state index in [4.69, 9.17) is 0 Å². The number of unbranched alkanes of at least 4 members (excludes halogenated alkanes) is 15. The van der Waals surface area contributed by atoms with Crippen LogP contribution in [0.3, 0.4) is 0 Å². The summed E-state index contributed by atoms with van der Waals surface area (Å²) in [5.41, 5.74) is 0.121. The van der Waals surface area contributed by atoms with E-state index < -0.39 is 5.97 Å². The van der Waals surface area contributed by atoms with Crippen LogP contribution in [0.25, 0.3) is 0 Å². The van der Waals surface area contributed by atoms with Crippen LogP contribution < -0.4 is 61.8 Å². The van der Waals surface area contributed by atoms with Crippen LogP contribution >= 0.6 is 0 Å². The van der Waals surface area contributed by atoms with Crippen LogP contribution in [-0.4, -0.2) is 18.4 Å². The number of carbonyl (C=O) groups excluding carboxylic acids is 2. The van der Waals surface area contributed by atoms with Crippen molar-refractivity contribution >= 4 is 11.9 Å². The largest absolute Gasteiger partial charge is 1.00 e. The number of hydrogen-bond donors (Lipinski definition) is 1. The molecule has 0 spiro atoms. The van der Waals surface area contributed by atoms with Crippen molar-refractivity contribution in [2.45, 2.75) is 110 Å². The van der Waals surface area contributed by atoms with Crippen LogP contribution in [0.15, 0.2) is 24.3 Å². The van der Waals surface area contributed by atoms with Gasteiger partial charge in [0, 0.05) is 17.7 Å². The van der Waals surface area contributed by atoms with E-state index in [0.29, 0.717) is 6.54 Å². The van der Waals surface area contributed by atoms with Gasteiger partial charge in [0.15, 0.2) is 0 Å². The molecule has 170 valence electrons. The Kier molecular flexibility index (Phi) is 21.5. The molecule has 1 rings (SSSR count). The summed E-state index contributed by atoms with van der Waals surface area (Å²) < 4.78 is 0. The third kappa shape index (κ3) is 16.1. The zero-order valence-corrected chi connectivity index (χ0v) is 23.2. The Morgan fingerprint density at radius 2 is 1.06 bits per heavy atom. The molecular weight excluding hydrogens is 413 g/mol. The summed E-state index contributed by atoms with van der Waals surface area (Å²) in [5.74, 6) is -1.65. The molecule has 0 bridgehead atoms. The molecule has 1 amide bonds. The normalized spacial score (nSPS) is 10.5. The van der Waals surface area contributed by atoms with Gasteiger partial charge in [-0.3, -0.25) is 4.79 Å². The van der Waals surface area contributed by atoms with E-state index in [2.05, 4.69) is 12.2 Å². The predicted octanol–water partition coefficient (Wildman–Crippen LogP) is 3.05. The minimum Gasteiger partial charge on any atom is -0.545 e. The molecule has 0 saturated carbocycles. The predicted molar refractivity (Wildman–Crippen MR) is 123 cm³/mol. The molecule has 4 nitrogen and oxygen atoms in total. The van der Waals surface area contributed by atoms with Crippen molar-refractivity contribution in [1.82, 2.24) is 5.32 Å². The first-order valence-electron chi connectivity index (χ1n) is 12.3. The van der Waals surface area contributed by atoms with Crippen LogP contribution in [0.2, 0.25) is 0 Å². The van der Waals surface area contributed by atoms with E-state index in [1.54, 1.807) is 12.1 Å². The number of benzene rings is 1. The monoisotopic (exact) mass is 455 g/mol. The summed E-state index contributed by atoms with van der Waals surface area (Å²) in [5, 5.41) is 13.9. The number of carboxylic acid groups (broad SMARTS) is 1. The SMILES string of the molecule is CCCCCCCCCCCCCCCCCCNC(=O)c1ccccc1C(=O)[O-].[K+]. The fourth-order valence-corrected chi connectivity index (χ4v) is 3.83. The van der Waals surface area contributed by atoms with Gasteiger partial charge in [-0.1, -0.05) is 121 Å². The van der Waals surface area contributed by atoms with Crippen LogP contribution in [0.5, 0.6) is 0 Å². The Balaban J connectivity index is 0.00000900. The zero-order valence-electron chi connectivity index (χ0n) is 20.1. The van der Waals surface area contributed by atoms with Crippen molar-refractivity contribution in [1.29, 1.82) is 0 Å². The number of nitrogens with one attached hydrogen (secondary N) is 1. The van der Waals surface area contributed by atoms with Crippen molar-refractivity contribution in [3.05, 3.63) is 35.4 Å². The van der Waals surface area contributed by atoms with Crippen LogP contribution in [-0.2, 0) is 0 Å². The number of hydrogen-bond acceptors (Lipinski definition) is 3. The van der Waals surface area contributed by atoms with Crippen LogP contribution in [0, 0.1) is 0 Å². The quantitative estimate of drug-likeness (QED) is 0.257. The van der Waals surface area contributed by atoms with E-state index in [1.807, 2.05) is 0 Å². The molecule has 31 heavy (non-hydrogen) atoms. The van der Waals surface area contributed by atoms with E-state index >= 15 is 0 Å². The zero-order chi connectivity index (χ0) is 21.9. The molecule has 0 radical (unpaired) electrons. The summed E-state index contributed by atoms with van der Waals surface area (Å²) in [6, 6.07) is 6.18. The van der Waals surface area contributed by atoms with Crippen molar-refractivity contribution in [3.63, 3.8) is 0 Å². The Morgan fingerprint density at radius 3 is 1.48 bits per heavy atom. The number of carbonyl (C=O) groups is 2. The number of amides is 1. The van der Waals surface area contributed by atoms with Crippen LogP contribution in [0.1, 0.15) is 130 Å². The van der Waals surface area contributed by atoms with E-state index in [1.165, 1.54) is 102 Å². The molecule has 0 aliphatic rings. The average Bonchev–Trinajstić information content (AvgIpc) is 2.75. The molecule has 0 aliphatic carbocycles. The Bertz CT molecular complexity index is 592. The fourth-order valence-electron chi connectivity index (χ4n) is 3.83. The number of rotatable bonds is 19. The van der Waals surface area contributed by atoms with Gasteiger partial charge in [0.2, 0.25) is 0 Å². The van der Waals surface area contributed by atoms with E-state index in [0.717, 1.165) is 12.8 Å². The molecule has 0 saturated heterocycles. The molecular formula is C26H42KNO3. The molecule has 1 N–H and O–H groups in total. The maximum Gasteiger partial charge on any atom is 1.00 e. The third-order valence-electron chi connectivity index (χ3n) is 5.71. The summed E-state index contributed by atoms with van der Waals surface area (Å²) in [4.78, 5) is 23.2. The van der Waals surface area contributed by atoms with Gasteiger partial charge in [-0.05, 0) is 12.5 Å². The second-order valence-electron chi connectivity index (χ2n) is 8.39. The molecule has 0 aliphatic heterocycles. The van der Waals surface area contributed by atoms with Crippen molar-refractivity contribution < 1.29 is 66.1 Å². The molecule has 0 fully saturated rings. The van der Waals surface area contributed by atoms with Gasteiger partial charge in [0.05, 0.1) is 5.97 Å². The maximum absolute atomic E-state index is 12.1. The first-order chi connectivity index (χ1) is 14.7. The Morgan fingerprint density at radius 1 is 0.677 bits per heavy atom. The second kappa shape index (κ2) is 21.6. The van der Waals surface area contributed by atoms with E-state index in [-0.39, 0.29) is 68.4 Å². The smallest absolute Gasteiger partial charge is 0.545 e. The van der Waals surface area contributed by atoms with Crippen molar-refractivity contribution in [2.24, 2.45) is 0 Å². The number of aromatic carboxylic acids is 1. The third-order valence-corrected chi connectivity index (χ3v) is 5.71. The van der Waals surface area contributed by atoms with Gasteiger partial charge in [-0.15, -0.1) is 0 Å². The minimum absolute atomic E-state index is 0. The second-order valence-corrected chi connectivity index (χ2v) is 8.39. The Hall–Kier alpha value is -0.204. The standard InChI is InChI=1S/C26H43NO3.K/c1-2-3-4-5-6-7-8-9-10-11-12-13-14-15-16-19-22-27-25(28)23-20-17-18-21-24(23)26(29)30;/h17-18,20-21H,2-16,19,22H2,1H3,(H,27,28)(H,29,30);/q;+1/p-1. The van der Waals surface area contributed by atoms with Gasteiger partial charge >= 0.3 is 51.4 Å². The first kappa shape index (κ1) is 30.8. The molecule has 5 heteroatoms. The van der Waals surface area contributed by atoms with Gasteiger partial charge in [0.1, 0.15) is 0 Å². The first-order valence-corrected chi connectivity index (χ1v) is 12.3. The molecule has 0 atom stereocenters. The summed E-state index contributed by atoms with van der Waals surface area (Å²) in [7, 11) is 0. The van der Waals surface area contributed by atoms with E-state index in [9.17, 15) is 14.7 Å². The number of carboxylic acids is 1. The molecule has 0 unspecified atom stereocenters. The summed E-state index contributed by atoms with van der Waals surface area (Å²) in [6.07, 6.45) is 21.1. The van der Waals surface area contributed by atoms with Crippen molar-refractivity contribution in [2.75, 3.05) is 6.54 Å². The fraction of sp³-hybridized carbons (Fsp3) is 0.692. The van der Waals surface area contributed by atoms with Crippen LogP contribution in [0.4, 0.5) is 0 Å². The molecule has 1 aromatic carbocycles. The Labute approximate surface area is 232 Å².